The zero-order valence-corrected chi connectivity index (χ0v) is 17.5. The molecule has 0 aliphatic carbocycles. The van der Waals surface area contributed by atoms with Crippen molar-refractivity contribution in [2.75, 3.05) is 11.1 Å². The first-order chi connectivity index (χ1) is 14.7. The van der Waals surface area contributed by atoms with Crippen LogP contribution in [0.25, 0.3) is 0 Å². The summed E-state index contributed by atoms with van der Waals surface area (Å²) in [5.74, 6) is -2.03. The highest BCUT2D eigenvalue weighted by Gasteiger charge is 2.41. The highest BCUT2D eigenvalue weighted by Crippen LogP contribution is 2.26. The van der Waals surface area contributed by atoms with Gasteiger partial charge in [0, 0.05) is 5.69 Å². The van der Waals surface area contributed by atoms with Gasteiger partial charge in [-0.2, -0.15) is 5.26 Å². The summed E-state index contributed by atoms with van der Waals surface area (Å²) in [6.45, 7) is 1.72. The van der Waals surface area contributed by atoms with Crippen molar-refractivity contribution < 1.29 is 17.6 Å². The van der Waals surface area contributed by atoms with Crippen LogP contribution in [0.2, 0.25) is 0 Å². The van der Waals surface area contributed by atoms with Crippen LogP contribution in [0.4, 0.5) is 10.1 Å². The molecular weight excluding hydrogens is 417 g/mol. The summed E-state index contributed by atoms with van der Waals surface area (Å²) in [4.78, 5) is 13.1. The van der Waals surface area contributed by atoms with Crippen molar-refractivity contribution in [1.82, 2.24) is 0 Å². The predicted molar refractivity (Wildman–Crippen MR) is 115 cm³/mol. The lowest BCUT2D eigenvalue weighted by atomic mass is 9.92. The molecule has 0 bridgehead atoms. The SMILES string of the molecule is Cc1cc(NC(=O)[C@](N)(CS(=O)(=O)c2ccc(F)cc2)c2ccccc2)ccc1C#N. The van der Waals surface area contributed by atoms with Crippen molar-refractivity contribution in [3.8, 4) is 6.07 Å². The Labute approximate surface area is 180 Å². The summed E-state index contributed by atoms with van der Waals surface area (Å²) < 4.78 is 39.2. The van der Waals surface area contributed by atoms with E-state index in [0.717, 1.165) is 24.3 Å². The fraction of sp³-hybridized carbons (Fsp3) is 0.130. The number of nitrogens with one attached hydrogen (secondary N) is 1. The zero-order valence-electron chi connectivity index (χ0n) is 16.7. The normalized spacial score (nSPS) is 13.1. The standard InChI is InChI=1S/C23H20FN3O3S/c1-16-13-20(10-7-17(16)14-25)27-22(28)23(26,18-5-3-2-4-6-18)15-31(29,30)21-11-8-19(24)9-12-21/h2-13H,15,26H2,1H3,(H,27,28)/t23-/m0/s1. The van der Waals surface area contributed by atoms with E-state index in [1.54, 1.807) is 55.5 Å². The quantitative estimate of drug-likeness (QED) is 0.575. The number of amides is 1. The molecule has 31 heavy (non-hydrogen) atoms. The van der Waals surface area contributed by atoms with Gasteiger partial charge < -0.3 is 11.1 Å². The molecule has 0 spiro atoms. The van der Waals surface area contributed by atoms with Crippen LogP contribution in [0.3, 0.4) is 0 Å². The number of hydrogen-bond acceptors (Lipinski definition) is 5. The highest BCUT2D eigenvalue weighted by atomic mass is 32.2. The van der Waals surface area contributed by atoms with Gasteiger partial charge in [-0.05, 0) is 60.5 Å². The molecule has 0 heterocycles. The number of halogens is 1. The first-order valence-corrected chi connectivity index (χ1v) is 11.0. The first-order valence-electron chi connectivity index (χ1n) is 9.31. The Hall–Kier alpha value is -3.54. The molecule has 3 N–H and O–H groups in total. The third-order valence-corrected chi connectivity index (χ3v) is 6.72. The van der Waals surface area contributed by atoms with Crippen LogP contribution in [0.1, 0.15) is 16.7 Å². The number of anilines is 1. The fourth-order valence-corrected chi connectivity index (χ4v) is 4.76. The Kier molecular flexibility index (Phi) is 6.20. The molecule has 0 fully saturated rings. The fourth-order valence-electron chi connectivity index (χ4n) is 3.15. The van der Waals surface area contributed by atoms with Gasteiger partial charge in [0.05, 0.1) is 22.3 Å². The third-order valence-electron chi connectivity index (χ3n) is 4.89. The van der Waals surface area contributed by atoms with Gasteiger partial charge in [-0.3, -0.25) is 4.79 Å². The van der Waals surface area contributed by atoms with Crippen LogP contribution >= 0.6 is 0 Å². The van der Waals surface area contributed by atoms with Gasteiger partial charge in [0.15, 0.2) is 9.84 Å². The smallest absolute Gasteiger partial charge is 0.250 e. The summed E-state index contributed by atoms with van der Waals surface area (Å²) in [5, 5.41) is 11.7. The van der Waals surface area contributed by atoms with Gasteiger partial charge in [-0.25, -0.2) is 12.8 Å². The lowest BCUT2D eigenvalue weighted by Gasteiger charge is -2.28. The minimum atomic E-state index is -4.03. The maximum atomic E-state index is 13.2. The minimum Gasteiger partial charge on any atom is -0.324 e. The van der Waals surface area contributed by atoms with Gasteiger partial charge in [0.2, 0.25) is 5.91 Å². The maximum absolute atomic E-state index is 13.2. The number of rotatable bonds is 6. The van der Waals surface area contributed by atoms with E-state index in [-0.39, 0.29) is 4.90 Å². The largest absolute Gasteiger partial charge is 0.324 e. The van der Waals surface area contributed by atoms with Crippen molar-refractivity contribution in [3.63, 3.8) is 0 Å². The monoisotopic (exact) mass is 437 g/mol. The second-order valence-electron chi connectivity index (χ2n) is 7.15. The molecular formula is C23H20FN3O3S. The van der Waals surface area contributed by atoms with Gasteiger partial charge in [0.25, 0.3) is 0 Å². The molecule has 1 amide bonds. The lowest BCUT2D eigenvalue weighted by Crippen LogP contribution is -2.53. The molecule has 6 nitrogen and oxygen atoms in total. The van der Waals surface area contributed by atoms with Crippen LogP contribution in [0.5, 0.6) is 0 Å². The molecule has 0 saturated carbocycles. The van der Waals surface area contributed by atoms with Gasteiger partial charge in [-0.1, -0.05) is 30.3 Å². The Morgan fingerprint density at radius 1 is 1.10 bits per heavy atom. The van der Waals surface area contributed by atoms with E-state index >= 15 is 0 Å². The third kappa shape index (κ3) is 4.79. The number of nitrogens with two attached hydrogens (primary N) is 1. The predicted octanol–water partition coefficient (Wildman–Crippen LogP) is 3.27. The van der Waals surface area contributed by atoms with E-state index in [9.17, 15) is 17.6 Å². The van der Waals surface area contributed by atoms with Gasteiger partial charge in [-0.15, -0.1) is 0 Å². The second kappa shape index (κ2) is 8.68. The molecule has 0 aliphatic rings. The van der Waals surface area contributed by atoms with Crippen molar-refractivity contribution in [1.29, 1.82) is 5.26 Å². The number of aryl methyl sites for hydroxylation is 1. The van der Waals surface area contributed by atoms with Crippen molar-refractivity contribution in [3.05, 3.63) is 95.3 Å². The van der Waals surface area contributed by atoms with Gasteiger partial charge >= 0.3 is 0 Å². The number of sulfone groups is 1. The second-order valence-corrected chi connectivity index (χ2v) is 9.14. The molecule has 3 rings (SSSR count). The number of nitrogens with zero attached hydrogens (tertiary/aromatic N) is 1. The molecule has 0 unspecified atom stereocenters. The van der Waals surface area contributed by atoms with E-state index in [1.165, 1.54) is 0 Å². The number of benzene rings is 3. The minimum absolute atomic E-state index is 0.137. The van der Waals surface area contributed by atoms with Gasteiger partial charge in [0.1, 0.15) is 11.4 Å². The Balaban J connectivity index is 1.99. The molecule has 0 aliphatic heterocycles. The zero-order chi connectivity index (χ0) is 22.6. The average molecular weight is 437 g/mol. The van der Waals surface area contributed by atoms with Crippen LogP contribution in [0, 0.1) is 24.1 Å². The number of hydrogen-bond donors (Lipinski definition) is 2. The molecule has 0 aromatic heterocycles. The number of carbonyl (C=O) groups excluding carboxylic acids is 1. The molecule has 8 heteroatoms. The van der Waals surface area contributed by atoms with E-state index in [2.05, 4.69) is 5.32 Å². The van der Waals surface area contributed by atoms with Crippen LogP contribution in [-0.4, -0.2) is 20.1 Å². The van der Waals surface area contributed by atoms with E-state index in [1.807, 2.05) is 6.07 Å². The van der Waals surface area contributed by atoms with E-state index in [0.29, 0.717) is 22.4 Å². The van der Waals surface area contributed by atoms with Crippen LogP contribution in [-0.2, 0) is 20.2 Å². The Morgan fingerprint density at radius 3 is 2.32 bits per heavy atom. The summed E-state index contributed by atoms with van der Waals surface area (Å²) in [6, 6.07) is 19.3. The molecule has 3 aromatic rings. The summed E-state index contributed by atoms with van der Waals surface area (Å²) in [5.41, 5.74) is 6.32. The molecule has 0 radical (unpaired) electrons. The molecule has 158 valence electrons. The van der Waals surface area contributed by atoms with Crippen molar-refractivity contribution in [2.24, 2.45) is 5.73 Å². The van der Waals surface area contributed by atoms with Crippen LogP contribution in [0.15, 0.2) is 77.7 Å². The Bertz CT molecular complexity index is 1250. The molecule has 1 atom stereocenters. The maximum Gasteiger partial charge on any atom is 0.250 e. The Morgan fingerprint density at radius 2 is 1.74 bits per heavy atom. The summed E-state index contributed by atoms with van der Waals surface area (Å²) in [6.07, 6.45) is 0. The number of nitriles is 1. The first kappa shape index (κ1) is 22.2. The van der Waals surface area contributed by atoms with E-state index in [4.69, 9.17) is 11.0 Å². The molecule has 3 aromatic carbocycles. The highest BCUT2D eigenvalue weighted by molar-refractivity contribution is 7.91. The summed E-state index contributed by atoms with van der Waals surface area (Å²) in [7, 11) is -4.03. The average Bonchev–Trinajstić information content (AvgIpc) is 2.74. The summed E-state index contributed by atoms with van der Waals surface area (Å²) >= 11 is 0. The lowest BCUT2D eigenvalue weighted by molar-refractivity contribution is -0.120. The number of carbonyl (C=O) groups is 1. The molecule has 0 saturated heterocycles. The van der Waals surface area contributed by atoms with Crippen molar-refractivity contribution >= 4 is 21.4 Å². The van der Waals surface area contributed by atoms with Crippen LogP contribution < -0.4 is 11.1 Å². The topological polar surface area (TPSA) is 113 Å². The van der Waals surface area contributed by atoms with Crippen molar-refractivity contribution in [2.45, 2.75) is 17.4 Å². The van der Waals surface area contributed by atoms with E-state index < -0.39 is 32.9 Å².